The van der Waals surface area contributed by atoms with Crippen LogP contribution in [0.5, 0.6) is 0 Å². The van der Waals surface area contributed by atoms with Gasteiger partial charge in [-0.2, -0.15) is 39.5 Å². The van der Waals surface area contributed by atoms with E-state index in [0.717, 1.165) is 6.92 Å². The first-order valence-corrected chi connectivity index (χ1v) is 8.17. The zero-order chi connectivity index (χ0) is 23.2. The highest BCUT2D eigenvalue weighted by atomic mass is 19.4. The third kappa shape index (κ3) is 5.21. The molecule has 13 heteroatoms. The topological polar surface area (TPSA) is 66.8 Å². The molecule has 0 aromatic heterocycles. The van der Waals surface area contributed by atoms with Crippen molar-refractivity contribution in [1.29, 1.82) is 0 Å². The first-order chi connectivity index (χ1) is 12.7. The maximum absolute atomic E-state index is 13.2. The van der Waals surface area contributed by atoms with Crippen LogP contribution in [0, 0.1) is 11.8 Å². The third-order valence-corrected chi connectivity index (χ3v) is 5.11. The van der Waals surface area contributed by atoms with Gasteiger partial charge in [0, 0.05) is 17.4 Å². The Morgan fingerprint density at radius 3 is 1.60 bits per heavy atom. The molecule has 4 unspecified atom stereocenters. The molecule has 0 aliphatic heterocycles. The predicted molar refractivity (Wildman–Crippen MR) is 86.0 cm³/mol. The molecule has 0 aromatic carbocycles. The molecule has 1 rings (SSSR count). The molecule has 4 nitrogen and oxygen atoms in total. The Morgan fingerprint density at radius 1 is 0.867 bits per heavy atom. The summed E-state index contributed by atoms with van der Waals surface area (Å²) in [4.78, 5) is 11.6. The summed E-state index contributed by atoms with van der Waals surface area (Å²) in [5.41, 5.74) is -9.36. The Kier molecular flexibility index (Phi) is 8.13. The highest BCUT2D eigenvalue weighted by Crippen LogP contribution is 2.55. The summed E-state index contributed by atoms with van der Waals surface area (Å²) in [6, 6.07) is 0. The fourth-order valence-corrected chi connectivity index (χ4v) is 3.27. The van der Waals surface area contributed by atoms with Crippen LogP contribution in [0.3, 0.4) is 0 Å². The van der Waals surface area contributed by atoms with Crippen LogP contribution in [-0.2, 0) is 9.53 Å². The van der Waals surface area contributed by atoms with Gasteiger partial charge in [0.2, 0.25) is 0 Å². The molecular weight excluding hydrogens is 439 g/mol. The van der Waals surface area contributed by atoms with E-state index in [4.69, 9.17) is 0 Å². The van der Waals surface area contributed by atoms with E-state index in [1.807, 2.05) is 0 Å². The van der Waals surface area contributed by atoms with E-state index < -0.39 is 72.9 Å². The van der Waals surface area contributed by atoms with Gasteiger partial charge >= 0.3 is 24.5 Å². The summed E-state index contributed by atoms with van der Waals surface area (Å²) in [6.07, 6.45) is -23.4. The Bertz CT molecular complexity index is 621. The number of aliphatic hydroxyl groups is 2. The molecule has 0 bridgehead atoms. The fraction of sp³-hybridized carbons (Fsp3) is 0.824. The standard InChI is InChI=1S/C16H19F9O4.CH4/c1-7(2)11(26)29-10-5-8(12(3,27)14(17,18)19)4-9(6-10)13(28,15(20,21)22)16(23,24)25;/h8-10,27-28H,1,4-6H2,2-3H3;1H4. The van der Waals surface area contributed by atoms with Crippen molar-refractivity contribution in [3.05, 3.63) is 12.2 Å². The zero-order valence-corrected chi connectivity index (χ0v) is 15.2. The predicted octanol–water partition coefficient (Wildman–Crippen LogP) is 4.70. The summed E-state index contributed by atoms with van der Waals surface area (Å²) in [5, 5.41) is 19.4. The van der Waals surface area contributed by atoms with Crippen LogP contribution < -0.4 is 0 Å². The van der Waals surface area contributed by atoms with Gasteiger partial charge in [0.05, 0.1) is 0 Å². The van der Waals surface area contributed by atoms with Gasteiger partial charge in [-0.1, -0.05) is 14.0 Å². The molecule has 2 N–H and O–H groups in total. The zero-order valence-electron chi connectivity index (χ0n) is 15.2. The molecule has 1 fully saturated rings. The van der Waals surface area contributed by atoms with Crippen molar-refractivity contribution < 1.29 is 59.3 Å². The van der Waals surface area contributed by atoms with Crippen molar-refractivity contribution in [2.24, 2.45) is 11.8 Å². The molecule has 1 aliphatic rings. The Morgan fingerprint density at radius 2 is 1.27 bits per heavy atom. The molecule has 0 saturated heterocycles. The van der Waals surface area contributed by atoms with Crippen LogP contribution in [0.15, 0.2) is 12.2 Å². The van der Waals surface area contributed by atoms with E-state index in [1.54, 1.807) is 0 Å². The lowest BCUT2D eigenvalue weighted by atomic mass is 9.66. The Balaban J connectivity index is 0.00000841. The highest BCUT2D eigenvalue weighted by Gasteiger charge is 2.75. The van der Waals surface area contributed by atoms with E-state index in [-0.39, 0.29) is 19.9 Å². The molecule has 0 spiro atoms. The number of carbonyl (C=O) groups excluding carboxylic acids is 1. The second kappa shape index (κ2) is 8.56. The minimum atomic E-state index is -6.29. The highest BCUT2D eigenvalue weighted by molar-refractivity contribution is 5.87. The molecule has 30 heavy (non-hydrogen) atoms. The van der Waals surface area contributed by atoms with Crippen molar-refractivity contribution in [2.45, 2.75) is 76.4 Å². The van der Waals surface area contributed by atoms with Crippen LogP contribution in [0.4, 0.5) is 39.5 Å². The van der Waals surface area contributed by atoms with Crippen LogP contribution >= 0.6 is 0 Å². The average Bonchev–Trinajstić information content (AvgIpc) is 2.50. The number of esters is 1. The smallest absolute Gasteiger partial charge is 0.426 e. The van der Waals surface area contributed by atoms with E-state index in [2.05, 4.69) is 11.3 Å². The monoisotopic (exact) mass is 462 g/mol. The van der Waals surface area contributed by atoms with Crippen LogP contribution in [0.2, 0.25) is 0 Å². The summed E-state index contributed by atoms with van der Waals surface area (Å²) in [7, 11) is 0. The maximum atomic E-state index is 13.2. The molecule has 4 atom stereocenters. The lowest BCUT2D eigenvalue weighted by molar-refractivity contribution is -0.391. The number of rotatable bonds is 4. The molecule has 0 heterocycles. The van der Waals surface area contributed by atoms with Gasteiger partial charge in [0.1, 0.15) is 6.10 Å². The van der Waals surface area contributed by atoms with Crippen molar-refractivity contribution in [3.63, 3.8) is 0 Å². The Hall–Kier alpha value is -1.50. The van der Waals surface area contributed by atoms with Gasteiger partial charge in [0.15, 0.2) is 5.60 Å². The number of carbonyl (C=O) groups is 1. The molecule has 0 amide bonds. The van der Waals surface area contributed by atoms with Crippen molar-refractivity contribution in [1.82, 2.24) is 0 Å². The van der Waals surface area contributed by atoms with E-state index in [9.17, 15) is 54.5 Å². The third-order valence-electron chi connectivity index (χ3n) is 5.11. The molecule has 0 aromatic rings. The second-order valence-electron chi connectivity index (χ2n) is 7.32. The van der Waals surface area contributed by atoms with Gasteiger partial charge in [-0.3, -0.25) is 0 Å². The Labute approximate surface area is 166 Å². The molecule has 0 radical (unpaired) electrons. The maximum Gasteiger partial charge on any atom is 0.426 e. The number of halogens is 9. The normalized spacial score (nSPS) is 25.7. The van der Waals surface area contributed by atoms with Gasteiger partial charge in [-0.25, -0.2) is 4.79 Å². The molecule has 1 aliphatic carbocycles. The largest absolute Gasteiger partial charge is 0.459 e. The first kappa shape index (κ1) is 28.5. The summed E-state index contributed by atoms with van der Waals surface area (Å²) in [6.45, 7) is 4.46. The quantitative estimate of drug-likeness (QED) is 0.361. The summed E-state index contributed by atoms with van der Waals surface area (Å²) in [5.74, 6) is -6.33. The van der Waals surface area contributed by atoms with Crippen molar-refractivity contribution in [2.75, 3.05) is 0 Å². The lowest BCUT2D eigenvalue weighted by Crippen LogP contribution is -2.64. The van der Waals surface area contributed by atoms with Crippen LogP contribution in [-0.4, -0.2) is 52.0 Å². The van der Waals surface area contributed by atoms with Gasteiger partial charge in [-0.15, -0.1) is 0 Å². The number of ether oxygens (including phenoxy) is 1. The van der Waals surface area contributed by atoms with E-state index >= 15 is 0 Å². The molecule has 178 valence electrons. The van der Waals surface area contributed by atoms with Crippen molar-refractivity contribution >= 4 is 5.97 Å². The van der Waals surface area contributed by atoms with Crippen LogP contribution in [0.25, 0.3) is 0 Å². The van der Waals surface area contributed by atoms with Gasteiger partial charge < -0.3 is 14.9 Å². The summed E-state index contributed by atoms with van der Waals surface area (Å²) >= 11 is 0. The molecular formula is C17H23F9O4. The van der Waals surface area contributed by atoms with E-state index in [1.165, 1.54) is 0 Å². The molecule has 1 saturated carbocycles. The number of alkyl halides is 9. The first-order valence-electron chi connectivity index (χ1n) is 8.17. The number of hydrogen-bond donors (Lipinski definition) is 2. The SMILES string of the molecule is C.C=C(C)C(=O)OC1CC(C(C)(O)C(F)(F)F)CC(C(O)(C(F)(F)F)C(F)(F)F)C1. The number of hydrogen-bond acceptors (Lipinski definition) is 4. The lowest BCUT2D eigenvalue weighted by Gasteiger charge is -2.47. The van der Waals surface area contributed by atoms with Gasteiger partial charge in [0.25, 0.3) is 5.60 Å². The fourth-order valence-electron chi connectivity index (χ4n) is 3.27. The van der Waals surface area contributed by atoms with E-state index in [0.29, 0.717) is 0 Å². The van der Waals surface area contributed by atoms with Crippen LogP contribution in [0.1, 0.15) is 40.5 Å². The summed E-state index contributed by atoms with van der Waals surface area (Å²) < 4.78 is 123. The minimum Gasteiger partial charge on any atom is -0.459 e. The average molecular weight is 462 g/mol. The minimum absolute atomic E-state index is 0. The second-order valence-corrected chi connectivity index (χ2v) is 7.32. The van der Waals surface area contributed by atoms with Crippen molar-refractivity contribution in [3.8, 4) is 0 Å². The van der Waals surface area contributed by atoms with Gasteiger partial charge in [-0.05, 0) is 33.1 Å².